The van der Waals surface area contributed by atoms with E-state index in [1.807, 2.05) is 29.1 Å². The van der Waals surface area contributed by atoms with Crippen LogP contribution in [0.15, 0.2) is 24.4 Å². The molecule has 2 aromatic heterocycles. The largest absolute Gasteiger partial charge is 0.363 e. The Hall–Kier alpha value is -1.29. The minimum Gasteiger partial charge on any atom is -0.363 e. The van der Waals surface area contributed by atoms with E-state index >= 15 is 0 Å². The van der Waals surface area contributed by atoms with Gasteiger partial charge in [-0.15, -0.1) is 11.3 Å². The van der Waals surface area contributed by atoms with Crippen molar-refractivity contribution in [3.05, 3.63) is 34.2 Å². The molecule has 1 N–H and O–H groups in total. The van der Waals surface area contributed by atoms with Gasteiger partial charge >= 0.3 is 0 Å². The van der Waals surface area contributed by atoms with Crippen LogP contribution in [0.2, 0.25) is 0 Å². The van der Waals surface area contributed by atoms with Crippen molar-refractivity contribution in [3.8, 4) is 0 Å². The maximum absolute atomic E-state index is 4.14. The van der Waals surface area contributed by atoms with E-state index in [0.717, 1.165) is 12.2 Å². The average molecular weight is 235 g/mol. The van der Waals surface area contributed by atoms with E-state index < -0.39 is 0 Å². The van der Waals surface area contributed by atoms with Crippen molar-refractivity contribution in [1.29, 1.82) is 0 Å². The smallest absolute Gasteiger partial charge is 0.124 e. The Morgan fingerprint density at radius 1 is 1.44 bits per heavy atom. The predicted octanol–water partition coefficient (Wildman–Crippen LogP) is 3.22. The molecule has 0 aliphatic heterocycles. The van der Waals surface area contributed by atoms with Crippen LogP contribution in [0.4, 0.5) is 5.82 Å². The Labute approximate surface area is 100 Å². The van der Waals surface area contributed by atoms with Gasteiger partial charge < -0.3 is 5.32 Å². The highest BCUT2D eigenvalue weighted by atomic mass is 32.1. The normalized spacial score (nSPS) is 12.7. The Balaban J connectivity index is 2.08. The van der Waals surface area contributed by atoms with E-state index in [-0.39, 0.29) is 0 Å². The third-order valence-corrected chi connectivity index (χ3v) is 4.06. The lowest BCUT2D eigenvalue weighted by Gasteiger charge is -2.13. The molecule has 0 spiro atoms. The van der Waals surface area contributed by atoms with Gasteiger partial charge in [-0.1, -0.05) is 6.92 Å². The SMILES string of the molecule is CCc1ccc(C(C)Nc2ccnn2C)s1. The maximum Gasteiger partial charge on any atom is 0.124 e. The summed E-state index contributed by atoms with van der Waals surface area (Å²) in [4.78, 5) is 2.81. The van der Waals surface area contributed by atoms with Crippen molar-refractivity contribution in [2.24, 2.45) is 7.05 Å². The third kappa shape index (κ3) is 2.27. The molecule has 2 rings (SSSR count). The lowest BCUT2D eigenvalue weighted by atomic mass is 10.2. The molecule has 86 valence electrons. The lowest BCUT2D eigenvalue weighted by Crippen LogP contribution is -2.08. The van der Waals surface area contributed by atoms with Crippen LogP contribution >= 0.6 is 11.3 Å². The van der Waals surface area contributed by atoms with Gasteiger partial charge in [-0.05, 0) is 25.5 Å². The van der Waals surface area contributed by atoms with E-state index in [1.165, 1.54) is 9.75 Å². The molecule has 0 saturated heterocycles. The van der Waals surface area contributed by atoms with Crippen LogP contribution in [-0.2, 0) is 13.5 Å². The molecule has 0 radical (unpaired) electrons. The summed E-state index contributed by atoms with van der Waals surface area (Å²) in [6.45, 7) is 4.37. The van der Waals surface area contributed by atoms with Crippen molar-refractivity contribution in [3.63, 3.8) is 0 Å². The highest BCUT2D eigenvalue weighted by Crippen LogP contribution is 2.26. The molecule has 1 atom stereocenters. The number of hydrogen-bond acceptors (Lipinski definition) is 3. The van der Waals surface area contributed by atoms with Gasteiger partial charge in [0.1, 0.15) is 5.82 Å². The lowest BCUT2D eigenvalue weighted by molar-refractivity contribution is 0.753. The minimum atomic E-state index is 0.334. The summed E-state index contributed by atoms with van der Waals surface area (Å²) in [5, 5.41) is 7.60. The van der Waals surface area contributed by atoms with Gasteiger partial charge in [-0.2, -0.15) is 5.10 Å². The first-order chi connectivity index (χ1) is 7.70. The van der Waals surface area contributed by atoms with Gasteiger partial charge in [0.15, 0.2) is 0 Å². The third-order valence-electron chi connectivity index (χ3n) is 2.64. The monoisotopic (exact) mass is 235 g/mol. The molecule has 2 aromatic rings. The van der Waals surface area contributed by atoms with Crippen LogP contribution in [0.25, 0.3) is 0 Å². The molecule has 3 nitrogen and oxygen atoms in total. The summed E-state index contributed by atoms with van der Waals surface area (Å²) >= 11 is 1.88. The summed E-state index contributed by atoms with van der Waals surface area (Å²) in [5.74, 6) is 1.05. The fourth-order valence-electron chi connectivity index (χ4n) is 1.63. The fourth-order valence-corrected chi connectivity index (χ4v) is 2.58. The molecule has 0 bridgehead atoms. The van der Waals surface area contributed by atoms with E-state index in [1.54, 1.807) is 6.20 Å². The predicted molar refractivity (Wildman–Crippen MR) is 68.9 cm³/mol. The Bertz CT molecular complexity index is 458. The number of nitrogens with one attached hydrogen (secondary N) is 1. The highest BCUT2D eigenvalue weighted by Gasteiger charge is 2.09. The molecule has 0 fully saturated rings. The summed E-state index contributed by atoms with van der Waals surface area (Å²) in [6.07, 6.45) is 2.92. The van der Waals surface area contributed by atoms with E-state index in [2.05, 4.69) is 36.4 Å². The summed E-state index contributed by atoms with van der Waals surface area (Å²) < 4.78 is 1.85. The second-order valence-electron chi connectivity index (χ2n) is 3.86. The van der Waals surface area contributed by atoms with Gasteiger partial charge in [-0.25, -0.2) is 0 Å². The molecule has 2 heterocycles. The van der Waals surface area contributed by atoms with Gasteiger partial charge in [0.25, 0.3) is 0 Å². The quantitative estimate of drug-likeness (QED) is 0.882. The number of thiophene rings is 1. The first-order valence-electron chi connectivity index (χ1n) is 5.54. The number of nitrogens with zero attached hydrogens (tertiary/aromatic N) is 2. The standard InChI is InChI=1S/C12H17N3S/c1-4-10-5-6-11(16-10)9(2)14-12-7-8-13-15(12)3/h5-9,14H,4H2,1-3H3. The highest BCUT2D eigenvalue weighted by molar-refractivity contribution is 7.12. The van der Waals surface area contributed by atoms with Crippen molar-refractivity contribution < 1.29 is 0 Å². The molecule has 0 aliphatic carbocycles. The molecule has 16 heavy (non-hydrogen) atoms. The molecule has 0 amide bonds. The molecule has 0 saturated carbocycles. The Kier molecular flexibility index (Phi) is 3.29. The number of rotatable bonds is 4. The molecule has 0 aromatic carbocycles. The molecule has 1 unspecified atom stereocenters. The van der Waals surface area contributed by atoms with E-state index in [4.69, 9.17) is 0 Å². The first-order valence-corrected chi connectivity index (χ1v) is 6.35. The molecular weight excluding hydrogens is 218 g/mol. The van der Waals surface area contributed by atoms with Gasteiger partial charge in [0.05, 0.1) is 12.2 Å². The first kappa shape index (κ1) is 11.2. The van der Waals surface area contributed by atoms with E-state index in [9.17, 15) is 0 Å². The zero-order chi connectivity index (χ0) is 11.5. The fraction of sp³-hybridized carbons (Fsp3) is 0.417. The second kappa shape index (κ2) is 4.70. The Morgan fingerprint density at radius 2 is 2.25 bits per heavy atom. The van der Waals surface area contributed by atoms with Crippen molar-refractivity contribution in [2.45, 2.75) is 26.3 Å². The maximum atomic E-state index is 4.14. The van der Waals surface area contributed by atoms with E-state index in [0.29, 0.717) is 6.04 Å². The number of aryl methyl sites for hydroxylation is 2. The number of aromatic nitrogens is 2. The van der Waals surface area contributed by atoms with Crippen LogP contribution in [0.3, 0.4) is 0 Å². The number of hydrogen-bond donors (Lipinski definition) is 1. The van der Waals surface area contributed by atoms with Crippen molar-refractivity contribution in [1.82, 2.24) is 9.78 Å². The van der Waals surface area contributed by atoms with Crippen LogP contribution in [0.5, 0.6) is 0 Å². The summed E-state index contributed by atoms with van der Waals surface area (Å²) in [7, 11) is 1.95. The zero-order valence-electron chi connectivity index (χ0n) is 9.90. The van der Waals surface area contributed by atoms with Crippen LogP contribution in [-0.4, -0.2) is 9.78 Å². The van der Waals surface area contributed by atoms with Gasteiger partial charge in [-0.3, -0.25) is 4.68 Å². The van der Waals surface area contributed by atoms with Crippen LogP contribution in [0.1, 0.15) is 29.6 Å². The summed E-state index contributed by atoms with van der Waals surface area (Å²) in [6, 6.07) is 6.74. The number of anilines is 1. The van der Waals surface area contributed by atoms with Crippen LogP contribution in [0, 0.1) is 0 Å². The van der Waals surface area contributed by atoms with Gasteiger partial charge in [0, 0.05) is 22.9 Å². The van der Waals surface area contributed by atoms with Gasteiger partial charge in [0.2, 0.25) is 0 Å². The minimum absolute atomic E-state index is 0.334. The van der Waals surface area contributed by atoms with Crippen molar-refractivity contribution in [2.75, 3.05) is 5.32 Å². The average Bonchev–Trinajstić information content (AvgIpc) is 2.88. The Morgan fingerprint density at radius 3 is 2.81 bits per heavy atom. The molecule has 4 heteroatoms. The second-order valence-corrected chi connectivity index (χ2v) is 5.06. The summed E-state index contributed by atoms with van der Waals surface area (Å²) in [5.41, 5.74) is 0. The molecular formula is C12H17N3S. The van der Waals surface area contributed by atoms with Crippen LogP contribution < -0.4 is 5.32 Å². The van der Waals surface area contributed by atoms with Crippen molar-refractivity contribution >= 4 is 17.2 Å². The zero-order valence-corrected chi connectivity index (χ0v) is 10.7. The molecule has 0 aliphatic rings. The topological polar surface area (TPSA) is 29.9 Å².